The van der Waals surface area contributed by atoms with Crippen LogP contribution in [0, 0.1) is 6.92 Å². The van der Waals surface area contributed by atoms with Crippen LogP contribution in [0.5, 0.6) is 0 Å². The minimum Gasteiger partial charge on any atom is -0.295 e. The number of nitrogens with one attached hydrogen (secondary N) is 1. The van der Waals surface area contributed by atoms with E-state index in [0.717, 1.165) is 5.56 Å². The van der Waals surface area contributed by atoms with Crippen molar-refractivity contribution in [3.8, 4) is 0 Å². The average Bonchev–Trinajstić information content (AvgIpc) is 2.29. The fourth-order valence-electron chi connectivity index (χ4n) is 1.82. The van der Waals surface area contributed by atoms with Crippen molar-refractivity contribution in [2.75, 3.05) is 0 Å². The highest BCUT2D eigenvalue weighted by molar-refractivity contribution is 7.89. The van der Waals surface area contributed by atoms with Crippen molar-refractivity contribution in [1.82, 2.24) is 4.72 Å². The molecular formula is C13H15NO3S. The summed E-state index contributed by atoms with van der Waals surface area (Å²) in [6, 6.07) is 6.61. The van der Waals surface area contributed by atoms with Crippen LogP contribution in [0.15, 0.2) is 40.9 Å². The summed E-state index contributed by atoms with van der Waals surface area (Å²) >= 11 is 0. The van der Waals surface area contributed by atoms with E-state index >= 15 is 0 Å². The highest BCUT2D eigenvalue weighted by atomic mass is 32.2. The Labute approximate surface area is 107 Å². The summed E-state index contributed by atoms with van der Waals surface area (Å²) in [6.07, 6.45) is 3.17. The number of benzene rings is 1. The second-order valence-corrected chi connectivity index (χ2v) is 6.09. The first kappa shape index (κ1) is 12.8. The molecule has 0 atom stereocenters. The maximum Gasteiger partial charge on any atom is 0.261 e. The predicted molar refractivity (Wildman–Crippen MR) is 68.4 cm³/mol. The Morgan fingerprint density at radius 3 is 2.39 bits per heavy atom. The van der Waals surface area contributed by atoms with Gasteiger partial charge in [-0.05, 0) is 31.9 Å². The van der Waals surface area contributed by atoms with E-state index in [4.69, 9.17) is 0 Å². The first-order valence-electron chi connectivity index (χ1n) is 5.80. The van der Waals surface area contributed by atoms with Crippen LogP contribution < -0.4 is 4.72 Å². The summed E-state index contributed by atoms with van der Waals surface area (Å²) in [4.78, 5) is 11.4. The summed E-state index contributed by atoms with van der Waals surface area (Å²) in [5, 5.41) is 0. The molecule has 96 valence electrons. The van der Waals surface area contributed by atoms with Crippen LogP contribution in [0.3, 0.4) is 0 Å². The van der Waals surface area contributed by atoms with E-state index < -0.39 is 10.0 Å². The standard InChI is InChI=1S/C13H15NO3S/c1-10-5-7-13(8-6-10)18(16,17)14-11-3-2-4-12(15)9-11/h5-9,14H,2-4H2,1H3. The third-order valence-electron chi connectivity index (χ3n) is 2.80. The average molecular weight is 265 g/mol. The quantitative estimate of drug-likeness (QED) is 0.908. The Morgan fingerprint density at radius 2 is 1.78 bits per heavy atom. The van der Waals surface area contributed by atoms with Gasteiger partial charge in [0.05, 0.1) is 4.90 Å². The molecule has 0 aliphatic heterocycles. The Morgan fingerprint density at radius 1 is 1.11 bits per heavy atom. The van der Waals surface area contributed by atoms with Gasteiger partial charge in [-0.25, -0.2) is 8.42 Å². The summed E-state index contributed by atoms with van der Waals surface area (Å²) in [6.45, 7) is 1.89. The van der Waals surface area contributed by atoms with E-state index in [2.05, 4.69) is 4.72 Å². The zero-order valence-electron chi connectivity index (χ0n) is 10.1. The van der Waals surface area contributed by atoms with Crippen LogP contribution in [0.4, 0.5) is 0 Å². The van der Waals surface area contributed by atoms with E-state index in [0.29, 0.717) is 25.0 Å². The van der Waals surface area contributed by atoms with Crippen LogP contribution in [-0.2, 0) is 14.8 Å². The van der Waals surface area contributed by atoms with Crippen LogP contribution >= 0.6 is 0 Å². The third-order valence-corrected chi connectivity index (χ3v) is 4.22. The maximum atomic E-state index is 12.1. The first-order valence-corrected chi connectivity index (χ1v) is 7.28. The molecule has 0 heterocycles. The molecule has 0 bridgehead atoms. The minimum atomic E-state index is -3.57. The summed E-state index contributed by atoms with van der Waals surface area (Å²) in [5.41, 5.74) is 1.48. The number of allylic oxidation sites excluding steroid dienone is 2. The molecule has 1 N–H and O–H groups in total. The van der Waals surface area contributed by atoms with E-state index in [1.807, 2.05) is 6.92 Å². The first-order chi connectivity index (χ1) is 8.47. The van der Waals surface area contributed by atoms with Crippen LogP contribution in [0.1, 0.15) is 24.8 Å². The number of sulfonamides is 1. The van der Waals surface area contributed by atoms with Gasteiger partial charge in [-0.2, -0.15) is 0 Å². The van der Waals surface area contributed by atoms with Gasteiger partial charge in [-0.15, -0.1) is 0 Å². The molecule has 4 nitrogen and oxygen atoms in total. The van der Waals surface area contributed by atoms with Gasteiger partial charge in [-0.3, -0.25) is 9.52 Å². The Hall–Kier alpha value is -1.62. The monoisotopic (exact) mass is 265 g/mol. The molecule has 2 rings (SSSR count). The fourth-order valence-corrected chi connectivity index (χ4v) is 2.94. The van der Waals surface area contributed by atoms with E-state index in [-0.39, 0.29) is 10.7 Å². The Balaban J connectivity index is 2.22. The van der Waals surface area contributed by atoms with Gasteiger partial charge in [-0.1, -0.05) is 17.7 Å². The normalized spacial score (nSPS) is 16.3. The second-order valence-electron chi connectivity index (χ2n) is 4.41. The molecule has 0 spiro atoms. The summed E-state index contributed by atoms with van der Waals surface area (Å²) in [7, 11) is -3.57. The van der Waals surface area contributed by atoms with E-state index in [1.54, 1.807) is 24.3 Å². The number of hydrogen-bond donors (Lipinski definition) is 1. The van der Waals surface area contributed by atoms with Gasteiger partial charge in [0, 0.05) is 18.2 Å². The Bertz CT molecular complexity index is 585. The molecule has 0 saturated carbocycles. The number of carbonyl (C=O) groups excluding carboxylic acids is 1. The number of ketones is 1. The van der Waals surface area contributed by atoms with Gasteiger partial charge in [0.25, 0.3) is 10.0 Å². The van der Waals surface area contributed by atoms with Gasteiger partial charge < -0.3 is 0 Å². The molecule has 0 radical (unpaired) electrons. The van der Waals surface area contributed by atoms with Crippen molar-refractivity contribution in [3.63, 3.8) is 0 Å². The zero-order valence-corrected chi connectivity index (χ0v) is 11.0. The van der Waals surface area contributed by atoms with Gasteiger partial charge in [0.15, 0.2) is 5.78 Å². The molecule has 0 amide bonds. The molecule has 1 aliphatic rings. The third kappa shape index (κ3) is 2.98. The molecule has 0 aromatic heterocycles. The lowest BCUT2D eigenvalue weighted by molar-refractivity contribution is -0.115. The molecule has 1 aromatic carbocycles. The SMILES string of the molecule is Cc1ccc(S(=O)(=O)NC2=CC(=O)CCC2)cc1. The smallest absolute Gasteiger partial charge is 0.261 e. The maximum absolute atomic E-state index is 12.1. The molecule has 18 heavy (non-hydrogen) atoms. The number of hydrogen-bond acceptors (Lipinski definition) is 3. The van der Waals surface area contributed by atoms with Gasteiger partial charge >= 0.3 is 0 Å². The van der Waals surface area contributed by atoms with Gasteiger partial charge in [0.2, 0.25) is 0 Å². The van der Waals surface area contributed by atoms with Gasteiger partial charge in [0.1, 0.15) is 0 Å². The van der Waals surface area contributed by atoms with Crippen LogP contribution in [0.25, 0.3) is 0 Å². The van der Waals surface area contributed by atoms with Crippen molar-refractivity contribution < 1.29 is 13.2 Å². The molecule has 1 aliphatic carbocycles. The molecule has 0 unspecified atom stereocenters. The lowest BCUT2D eigenvalue weighted by Gasteiger charge is -2.14. The largest absolute Gasteiger partial charge is 0.295 e. The highest BCUT2D eigenvalue weighted by Crippen LogP contribution is 2.17. The molecule has 5 heteroatoms. The number of aryl methyl sites for hydroxylation is 1. The van der Waals surface area contributed by atoms with Crippen molar-refractivity contribution >= 4 is 15.8 Å². The molecule has 1 aromatic rings. The van der Waals surface area contributed by atoms with Crippen molar-refractivity contribution in [2.24, 2.45) is 0 Å². The van der Waals surface area contributed by atoms with E-state index in [9.17, 15) is 13.2 Å². The zero-order chi connectivity index (χ0) is 13.2. The van der Waals surface area contributed by atoms with E-state index in [1.165, 1.54) is 6.08 Å². The summed E-state index contributed by atoms with van der Waals surface area (Å²) < 4.78 is 26.6. The molecule has 0 saturated heterocycles. The topological polar surface area (TPSA) is 63.2 Å². The lowest BCUT2D eigenvalue weighted by Crippen LogP contribution is -2.25. The Kier molecular flexibility index (Phi) is 3.52. The fraction of sp³-hybridized carbons (Fsp3) is 0.308. The van der Waals surface area contributed by atoms with Crippen molar-refractivity contribution in [1.29, 1.82) is 0 Å². The molecular weight excluding hydrogens is 250 g/mol. The molecule has 0 fully saturated rings. The lowest BCUT2D eigenvalue weighted by atomic mass is 10.0. The predicted octanol–water partition coefficient (Wildman–Crippen LogP) is 1.91. The van der Waals surface area contributed by atoms with Crippen molar-refractivity contribution in [2.45, 2.75) is 31.1 Å². The number of rotatable bonds is 3. The highest BCUT2D eigenvalue weighted by Gasteiger charge is 2.18. The van der Waals surface area contributed by atoms with Crippen molar-refractivity contribution in [3.05, 3.63) is 41.6 Å². The second kappa shape index (κ2) is 4.94. The minimum absolute atomic E-state index is 0.0251. The number of carbonyl (C=O) groups is 1. The van der Waals surface area contributed by atoms with Crippen LogP contribution in [-0.4, -0.2) is 14.2 Å². The van der Waals surface area contributed by atoms with Crippen LogP contribution in [0.2, 0.25) is 0 Å². The summed E-state index contributed by atoms with van der Waals surface area (Å²) in [5.74, 6) is -0.0251.